The average Bonchev–Trinajstić information content (AvgIpc) is 2.34. The van der Waals surface area contributed by atoms with Crippen molar-refractivity contribution in [2.45, 2.75) is 25.7 Å². The molecule has 0 aliphatic carbocycles. The largest absolute Gasteiger partial charge is 0.348 e. The van der Waals surface area contributed by atoms with Crippen LogP contribution >= 0.6 is 0 Å². The SMILES string of the molecule is C=CC(=C)c1cccc2c1N(C)C(=C)CC2(C)C. The molecule has 1 heteroatoms. The second kappa shape index (κ2) is 4.16. The highest BCUT2D eigenvalue weighted by atomic mass is 15.1. The quantitative estimate of drug-likeness (QED) is 0.686. The molecule has 1 aliphatic heterocycles. The van der Waals surface area contributed by atoms with Gasteiger partial charge in [0.15, 0.2) is 0 Å². The summed E-state index contributed by atoms with van der Waals surface area (Å²) >= 11 is 0. The van der Waals surface area contributed by atoms with Crippen LogP contribution in [0.15, 0.2) is 49.7 Å². The highest BCUT2D eigenvalue weighted by Crippen LogP contribution is 2.45. The Morgan fingerprint density at radius 2 is 2.06 bits per heavy atom. The number of rotatable bonds is 2. The molecule has 1 aromatic carbocycles. The molecule has 0 fully saturated rings. The molecule has 2 rings (SSSR count). The van der Waals surface area contributed by atoms with E-state index in [4.69, 9.17) is 0 Å². The van der Waals surface area contributed by atoms with Crippen molar-refractivity contribution in [1.29, 1.82) is 0 Å². The van der Waals surface area contributed by atoms with Crippen molar-refractivity contribution in [2.24, 2.45) is 0 Å². The van der Waals surface area contributed by atoms with Gasteiger partial charge in [-0.15, -0.1) is 0 Å². The number of hydrogen-bond donors (Lipinski definition) is 0. The van der Waals surface area contributed by atoms with Gasteiger partial charge in [-0.3, -0.25) is 0 Å². The van der Waals surface area contributed by atoms with E-state index in [2.05, 4.69) is 63.7 Å². The lowest BCUT2D eigenvalue weighted by molar-refractivity contribution is 0.499. The van der Waals surface area contributed by atoms with Gasteiger partial charge in [0.1, 0.15) is 0 Å². The Labute approximate surface area is 110 Å². The first kappa shape index (κ1) is 12.7. The summed E-state index contributed by atoms with van der Waals surface area (Å²) in [4.78, 5) is 2.19. The van der Waals surface area contributed by atoms with Gasteiger partial charge in [0.2, 0.25) is 0 Å². The first-order valence-electron chi connectivity index (χ1n) is 6.25. The summed E-state index contributed by atoms with van der Waals surface area (Å²) in [7, 11) is 2.08. The van der Waals surface area contributed by atoms with Crippen LogP contribution in [0.4, 0.5) is 5.69 Å². The summed E-state index contributed by atoms with van der Waals surface area (Å²) in [5.41, 5.74) is 5.97. The van der Waals surface area contributed by atoms with Crippen molar-refractivity contribution in [1.82, 2.24) is 0 Å². The first-order chi connectivity index (χ1) is 8.38. The van der Waals surface area contributed by atoms with E-state index in [1.165, 1.54) is 11.3 Å². The predicted molar refractivity (Wildman–Crippen MR) is 80.9 cm³/mol. The van der Waals surface area contributed by atoms with Gasteiger partial charge in [-0.2, -0.15) is 0 Å². The van der Waals surface area contributed by atoms with Crippen LogP contribution in [0.3, 0.4) is 0 Å². The molecule has 0 atom stereocenters. The average molecular weight is 239 g/mol. The number of benzene rings is 1. The summed E-state index contributed by atoms with van der Waals surface area (Å²) in [6.07, 6.45) is 2.80. The van der Waals surface area contributed by atoms with Gasteiger partial charge in [0.05, 0.1) is 5.69 Å². The van der Waals surface area contributed by atoms with E-state index in [0.29, 0.717) is 0 Å². The van der Waals surface area contributed by atoms with E-state index in [0.717, 1.165) is 23.3 Å². The zero-order valence-electron chi connectivity index (χ0n) is 11.6. The summed E-state index contributed by atoms with van der Waals surface area (Å²) in [6.45, 7) is 16.6. The van der Waals surface area contributed by atoms with E-state index in [9.17, 15) is 0 Å². The van der Waals surface area contributed by atoms with Crippen LogP contribution in [0.1, 0.15) is 31.4 Å². The van der Waals surface area contributed by atoms with Crippen LogP contribution in [0, 0.1) is 0 Å². The third kappa shape index (κ3) is 1.80. The lowest BCUT2D eigenvalue weighted by Crippen LogP contribution is -2.33. The van der Waals surface area contributed by atoms with Crippen LogP contribution in [-0.4, -0.2) is 7.05 Å². The fourth-order valence-electron chi connectivity index (χ4n) is 2.70. The first-order valence-corrected chi connectivity index (χ1v) is 6.25. The molecule has 0 saturated heterocycles. The second-order valence-corrected chi connectivity index (χ2v) is 5.62. The number of para-hydroxylation sites is 1. The Kier molecular flexibility index (Phi) is 2.94. The lowest BCUT2D eigenvalue weighted by Gasteiger charge is -2.41. The van der Waals surface area contributed by atoms with Gasteiger partial charge in [0, 0.05) is 18.3 Å². The molecule has 0 spiro atoms. The van der Waals surface area contributed by atoms with Crippen molar-refractivity contribution < 1.29 is 0 Å². The van der Waals surface area contributed by atoms with Gasteiger partial charge in [-0.05, 0) is 23.0 Å². The molecular weight excluding hydrogens is 218 g/mol. The molecule has 94 valence electrons. The predicted octanol–water partition coefficient (Wildman–Crippen LogP) is 4.52. The van der Waals surface area contributed by atoms with Crippen LogP contribution < -0.4 is 4.90 Å². The highest BCUT2D eigenvalue weighted by molar-refractivity contribution is 5.84. The van der Waals surface area contributed by atoms with Crippen molar-refractivity contribution in [3.8, 4) is 0 Å². The maximum Gasteiger partial charge on any atom is 0.0523 e. The van der Waals surface area contributed by atoms with E-state index in [1.807, 2.05) is 6.08 Å². The summed E-state index contributed by atoms with van der Waals surface area (Å²) in [6, 6.07) is 6.42. The van der Waals surface area contributed by atoms with E-state index < -0.39 is 0 Å². The minimum Gasteiger partial charge on any atom is -0.348 e. The minimum absolute atomic E-state index is 0.121. The van der Waals surface area contributed by atoms with Gasteiger partial charge in [-0.25, -0.2) is 0 Å². The number of nitrogens with zero attached hydrogens (tertiary/aromatic N) is 1. The molecule has 1 nitrogen and oxygen atoms in total. The number of hydrogen-bond acceptors (Lipinski definition) is 1. The Morgan fingerprint density at radius 1 is 1.39 bits per heavy atom. The van der Waals surface area contributed by atoms with Crippen molar-refractivity contribution in [2.75, 3.05) is 11.9 Å². The zero-order chi connectivity index (χ0) is 13.5. The Bertz CT molecular complexity index is 535. The lowest BCUT2D eigenvalue weighted by atomic mass is 9.75. The van der Waals surface area contributed by atoms with Gasteiger partial charge in [0.25, 0.3) is 0 Å². The van der Waals surface area contributed by atoms with E-state index in [1.54, 1.807) is 0 Å². The molecule has 1 aromatic rings. The number of anilines is 1. The standard InChI is InChI=1S/C17H21N/c1-7-12(2)14-9-8-10-15-16(14)18(6)13(3)11-17(15,4)5/h7-10H,1-3,11H2,4-6H3. The smallest absolute Gasteiger partial charge is 0.0523 e. The molecule has 1 heterocycles. The zero-order valence-corrected chi connectivity index (χ0v) is 11.6. The Balaban J connectivity index is 2.73. The molecule has 18 heavy (non-hydrogen) atoms. The number of allylic oxidation sites excluding steroid dienone is 3. The molecule has 0 saturated carbocycles. The van der Waals surface area contributed by atoms with Crippen LogP contribution in [0.5, 0.6) is 0 Å². The monoisotopic (exact) mass is 239 g/mol. The maximum atomic E-state index is 4.19. The third-order valence-corrected chi connectivity index (χ3v) is 3.81. The minimum atomic E-state index is 0.121. The summed E-state index contributed by atoms with van der Waals surface area (Å²) < 4.78 is 0. The van der Waals surface area contributed by atoms with Crippen molar-refractivity contribution >= 4 is 11.3 Å². The van der Waals surface area contributed by atoms with Crippen molar-refractivity contribution in [3.63, 3.8) is 0 Å². The van der Waals surface area contributed by atoms with Gasteiger partial charge in [-0.1, -0.05) is 57.9 Å². The molecule has 0 bridgehead atoms. The molecular formula is C17H21N. The summed E-state index contributed by atoms with van der Waals surface area (Å²) in [5, 5.41) is 0. The van der Waals surface area contributed by atoms with E-state index in [-0.39, 0.29) is 5.41 Å². The third-order valence-electron chi connectivity index (χ3n) is 3.81. The fraction of sp³-hybridized carbons (Fsp3) is 0.294. The second-order valence-electron chi connectivity index (χ2n) is 5.62. The Morgan fingerprint density at radius 3 is 2.67 bits per heavy atom. The maximum absolute atomic E-state index is 4.19. The highest BCUT2D eigenvalue weighted by Gasteiger charge is 2.33. The van der Waals surface area contributed by atoms with E-state index >= 15 is 0 Å². The molecule has 0 N–H and O–H groups in total. The normalized spacial score (nSPS) is 17.3. The van der Waals surface area contributed by atoms with Crippen molar-refractivity contribution in [3.05, 3.63) is 60.8 Å². The molecule has 1 aliphatic rings. The van der Waals surface area contributed by atoms with Crippen LogP contribution in [0.2, 0.25) is 0 Å². The Hall–Kier alpha value is -1.76. The number of fused-ring (bicyclic) bond motifs is 1. The molecule has 0 aromatic heterocycles. The van der Waals surface area contributed by atoms with Gasteiger partial charge < -0.3 is 4.90 Å². The van der Waals surface area contributed by atoms with Gasteiger partial charge >= 0.3 is 0 Å². The molecule has 0 amide bonds. The molecule has 0 unspecified atom stereocenters. The fourth-order valence-corrected chi connectivity index (χ4v) is 2.70. The summed E-state index contributed by atoms with van der Waals surface area (Å²) in [5.74, 6) is 0. The van der Waals surface area contributed by atoms with Crippen LogP contribution in [0.25, 0.3) is 5.57 Å². The van der Waals surface area contributed by atoms with Crippen LogP contribution in [-0.2, 0) is 5.41 Å². The topological polar surface area (TPSA) is 3.24 Å². The molecule has 0 radical (unpaired) electrons.